The lowest BCUT2D eigenvalue weighted by Crippen LogP contribution is -2.27. The minimum Gasteiger partial charge on any atom is -0.0807 e. The average molecular weight is 170 g/mol. The number of rotatable bonds is 1. The van der Waals surface area contributed by atoms with Crippen LogP contribution in [0, 0.1) is 0 Å². The predicted molar refractivity (Wildman–Crippen MR) is 57.8 cm³/mol. The van der Waals surface area contributed by atoms with Gasteiger partial charge in [0.25, 0.3) is 0 Å². The summed E-state index contributed by atoms with van der Waals surface area (Å²) in [5, 5.41) is 2.78. The first kappa shape index (κ1) is 8.31. The molecule has 1 aliphatic carbocycles. The van der Waals surface area contributed by atoms with Crippen LogP contribution >= 0.6 is 0 Å². The molecule has 0 aliphatic heterocycles. The van der Waals surface area contributed by atoms with Crippen LogP contribution in [0.3, 0.4) is 0 Å². The van der Waals surface area contributed by atoms with Crippen molar-refractivity contribution < 1.29 is 0 Å². The molecule has 0 aromatic heterocycles. The topological polar surface area (TPSA) is 0 Å². The van der Waals surface area contributed by atoms with Crippen molar-refractivity contribution in [2.45, 2.75) is 19.8 Å². The smallest absolute Gasteiger partial charge is 0.0157 e. The van der Waals surface area contributed by atoms with E-state index in [0.29, 0.717) is 0 Å². The molecule has 0 amide bonds. The van der Waals surface area contributed by atoms with Crippen LogP contribution in [0.5, 0.6) is 0 Å². The van der Waals surface area contributed by atoms with E-state index in [2.05, 4.69) is 49.4 Å². The second-order valence-corrected chi connectivity index (χ2v) is 3.31. The second-order valence-electron chi connectivity index (χ2n) is 3.31. The first-order valence-electron chi connectivity index (χ1n) is 4.87. The Morgan fingerprint density at radius 1 is 1.31 bits per heavy atom. The van der Waals surface area contributed by atoms with Crippen LogP contribution < -0.4 is 10.4 Å². The van der Waals surface area contributed by atoms with Gasteiger partial charge in [0.05, 0.1) is 0 Å². The van der Waals surface area contributed by atoms with Gasteiger partial charge in [-0.05, 0) is 28.8 Å². The zero-order valence-electron chi connectivity index (χ0n) is 7.96. The molecular formula is C13H14. The summed E-state index contributed by atoms with van der Waals surface area (Å²) in [5.74, 6) is 0. The summed E-state index contributed by atoms with van der Waals surface area (Å²) in [6.07, 6.45) is 11.0. The number of allylic oxidation sites excluding steroid dienone is 2. The van der Waals surface area contributed by atoms with Crippen LogP contribution in [0.25, 0.3) is 12.2 Å². The number of hydrogen-bond donors (Lipinski definition) is 0. The van der Waals surface area contributed by atoms with Gasteiger partial charge in [-0.15, -0.1) is 0 Å². The van der Waals surface area contributed by atoms with E-state index in [9.17, 15) is 0 Å². The molecule has 1 aliphatic rings. The molecule has 66 valence electrons. The van der Waals surface area contributed by atoms with Crippen molar-refractivity contribution in [2.24, 2.45) is 0 Å². The molecule has 0 N–H and O–H groups in total. The van der Waals surface area contributed by atoms with E-state index in [4.69, 9.17) is 0 Å². The van der Waals surface area contributed by atoms with Crippen LogP contribution in [0.15, 0.2) is 30.4 Å². The van der Waals surface area contributed by atoms with Gasteiger partial charge in [-0.1, -0.05) is 49.4 Å². The maximum Gasteiger partial charge on any atom is -0.0157 e. The molecule has 0 heterocycles. The average Bonchev–Trinajstić information content (AvgIpc) is 2.41. The highest BCUT2D eigenvalue weighted by Gasteiger charge is 1.94. The van der Waals surface area contributed by atoms with Crippen molar-refractivity contribution in [1.82, 2.24) is 0 Å². The summed E-state index contributed by atoms with van der Waals surface area (Å²) in [7, 11) is 0. The fourth-order valence-electron chi connectivity index (χ4n) is 1.77. The van der Waals surface area contributed by atoms with E-state index in [1.165, 1.54) is 16.0 Å². The Hall–Kier alpha value is -1.30. The summed E-state index contributed by atoms with van der Waals surface area (Å²) in [6, 6.07) is 6.54. The van der Waals surface area contributed by atoms with Crippen molar-refractivity contribution in [3.8, 4) is 0 Å². The van der Waals surface area contributed by atoms with E-state index < -0.39 is 0 Å². The Balaban J connectivity index is 2.77. The van der Waals surface area contributed by atoms with Crippen molar-refractivity contribution in [3.05, 3.63) is 46.4 Å². The van der Waals surface area contributed by atoms with E-state index >= 15 is 0 Å². The summed E-state index contributed by atoms with van der Waals surface area (Å²) in [5.41, 5.74) is 1.46. The van der Waals surface area contributed by atoms with Gasteiger partial charge in [0.15, 0.2) is 0 Å². The van der Waals surface area contributed by atoms with Crippen molar-refractivity contribution in [2.75, 3.05) is 0 Å². The van der Waals surface area contributed by atoms with Crippen LogP contribution in [0.4, 0.5) is 0 Å². The molecule has 0 fully saturated rings. The highest BCUT2D eigenvalue weighted by Crippen LogP contribution is 1.94. The van der Waals surface area contributed by atoms with Crippen LogP contribution in [-0.2, 0) is 6.42 Å². The molecule has 0 nitrogen and oxygen atoms in total. The Bertz CT molecular complexity index is 436. The van der Waals surface area contributed by atoms with Crippen molar-refractivity contribution in [3.63, 3.8) is 0 Å². The van der Waals surface area contributed by atoms with Gasteiger partial charge in [-0.25, -0.2) is 0 Å². The number of benzene rings is 1. The maximum atomic E-state index is 2.31. The third kappa shape index (κ3) is 1.57. The van der Waals surface area contributed by atoms with Gasteiger partial charge in [-0.2, -0.15) is 0 Å². The highest BCUT2D eigenvalue weighted by atomic mass is 14.0. The normalized spacial score (nSPS) is 13.9. The van der Waals surface area contributed by atoms with Crippen molar-refractivity contribution >= 4 is 12.2 Å². The molecule has 0 bridgehead atoms. The number of aryl methyl sites for hydroxylation is 1. The summed E-state index contributed by atoms with van der Waals surface area (Å²) in [4.78, 5) is 0. The molecule has 0 spiro atoms. The fraction of sp³-hybridized carbons (Fsp3) is 0.231. The maximum absolute atomic E-state index is 2.31. The molecule has 0 heteroatoms. The lowest BCUT2D eigenvalue weighted by atomic mass is 10.1. The Labute approximate surface area is 78.9 Å². The van der Waals surface area contributed by atoms with Gasteiger partial charge in [0, 0.05) is 0 Å². The van der Waals surface area contributed by atoms with Crippen LogP contribution in [0.2, 0.25) is 0 Å². The van der Waals surface area contributed by atoms with Gasteiger partial charge in [0.2, 0.25) is 0 Å². The quantitative estimate of drug-likeness (QED) is 0.602. The Morgan fingerprint density at radius 2 is 2.23 bits per heavy atom. The monoisotopic (exact) mass is 170 g/mol. The lowest BCUT2D eigenvalue weighted by Gasteiger charge is -1.98. The largest absolute Gasteiger partial charge is 0.0807 e. The van der Waals surface area contributed by atoms with Gasteiger partial charge < -0.3 is 0 Å². The minimum atomic E-state index is 1.06. The SMILES string of the molecule is CCc1cccc2c1=CCC=CC=2. The lowest BCUT2D eigenvalue weighted by molar-refractivity contribution is 1.11. The summed E-state index contributed by atoms with van der Waals surface area (Å²) in [6.45, 7) is 2.21. The fourth-order valence-corrected chi connectivity index (χ4v) is 1.77. The van der Waals surface area contributed by atoms with Gasteiger partial charge in [-0.3, -0.25) is 0 Å². The molecule has 0 saturated heterocycles. The molecule has 0 atom stereocenters. The highest BCUT2D eigenvalue weighted by molar-refractivity contribution is 5.46. The van der Waals surface area contributed by atoms with Crippen LogP contribution in [0.1, 0.15) is 18.9 Å². The van der Waals surface area contributed by atoms with E-state index in [0.717, 1.165) is 12.8 Å². The molecule has 2 rings (SSSR count). The second kappa shape index (κ2) is 3.61. The molecule has 1 aromatic rings. The van der Waals surface area contributed by atoms with E-state index in [-0.39, 0.29) is 0 Å². The first-order valence-corrected chi connectivity index (χ1v) is 4.87. The number of fused-ring (bicyclic) bond motifs is 1. The van der Waals surface area contributed by atoms with E-state index in [1.807, 2.05) is 0 Å². The molecule has 0 radical (unpaired) electrons. The summed E-state index contributed by atoms with van der Waals surface area (Å²) < 4.78 is 0. The predicted octanol–water partition coefficient (Wildman–Crippen LogP) is 1.77. The molecule has 13 heavy (non-hydrogen) atoms. The van der Waals surface area contributed by atoms with Crippen LogP contribution in [-0.4, -0.2) is 0 Å². The molecule has 0 saturated carbocycles. The minimum absolute atomic E-state index is 1.06. The Kier molecular flexibility index (Phi) is 2.31. The third-order valence-electron chi connectivity index (χ3n) is 2.48. The standard InChI is InChI=1S/C13H14/c1-2-11-8-6-9-12-7-4-3-5-10-13(11)12/h3-4,6-10H,2,5H2,1H3. The zero-order valence-corrected chi connectivity index (χ0v) is 7.96. The Morgan fingerprint density at radius 3 is 3.08 bits per heavy atom. The zero-order chi connectivity index (χ0) is 9.10. The van der Waals surface area contributed by atoms with Gasteiger partial charge >= 0.3 is 0 Å². The molecule has 1 aromatic carbocycles. The molecular weight excluding hydrogens is 156 g/mol. The molecule has 0 unspecified atom stereocenters. The van der Waals surface area contributed by atoms with E-state index in [1.54, 1.807) is 0 Å². The first-order chi connectivity index (χ1) is 6.42. The van der Waals surface area contributed by atoms with Gasteiger partial charge in [0.1, 0.15) is 0 Å². The van der Waals surface area contributed by atoms with Crippen molar-refractivity contribution in [1.29, 1.82) is 0 Å². The third-order valence-corrected chi connectivity index (χ3v) is 2.48. The number of hydrogen-bond acceptors (Lipinski definition) is 0. The summed E-state index contributed by atoms with van der Waals surface area (Å²) >= 11 is 0.